The van der Waals surface area contributed by atoms with Crippen LogP contribution in [0.2, 0.25) is 0 Å². The summed E-state index contributed by atoms with van der Waals surface area (Å²) in [7, 11) is 0. The third-order valence-corrected chi connectivity index (χ3v) is 3.39. The molecule has 0 bridgehead atoms. The van der Waals surface area contributed by atoms with Crippen LogP contribution in [0.15, 0.2) is 18.2 Å². The number of rotatable bonds is 5. The molecule has 0 amide bonds. The van der Waals surface area contributed by atoms with Crippen molar-refractivity contribution in [1.82, 2.24) is 0 Å². The van der Waals surface area contributed by atoms with Crippen LogP contribution in [0.3, 0.4) is 0 Å². The SMILES string of the molecule is O=C(O)c1cc(C(=O)O)c2c(C(=O)O)c(C(=O)O)cc(C(=O)O)c2c1. The molecular weight excluding hydrogens is 340 g/mol. The van der Waals surface area contributed by atoms with E-state index >= 15 is 0 Å². The summed E-state index contributed by atoms with van der Waals surface area (Å²) in [5.74, 6) is -8.57. The topological polar surface area (TPSA) is 186 Å². The number of carbonyl (C=O) groups is 5. The van der Waals surface area contributed by atoms with Crippen molar-refractivity contribution in [3.8, 4) is 0 Å². The minimum Gasteiger partial charge on any atom is -0.478 e. The lowest BCUT2D eigenvalue weighted by atomic mass is 9.89. The Morgan fingerprint density at radius 3 is 1.48 bits per heavy atom. The maximum Gasteiger partial charge on any atom is 0.337 e. The summed E-state index contributed by atoms with van der Waals surface area (Å²) in [5, 5.41) is 44.8. The van der Waals surface area contributed by atoms with Gasteiger partial charge in [0.25, 0.3) is 0 Å². The van der Waals surface area contributed by atoms with Crippen molar-refractivity contribution in [2.45, 2.75) is 0 Å². The molecule has 5 N–H and O–H groups in total. The minimum atomic E-state index is -1.80. The Kier molecular flexibility index (Phi) is 4.12. The highest BCUT2D eigenvalue weighted by molar-refractivity contribution is 6.22. The zero-order valence-corrected chi connectivity index (χ0v) is 12.0. The molecule has 0 unspecified atom stereocenters. The number of carboxylic acids is 5. The monoisotopic (exact) mass is 348 g/mol. The number of hydrogen-bond donors (Lipinski definition) is 5. The molecule has 0 aliphatic heterocycles. The molecule has 2 rings (SSSR count). The second kappa shape index (κ2) is 5.92. The van der Waals surface area contributed by atoms with Crippen molar-refractivity contribution >= 4 is 40.6 Å². The number of hydrogen-bond acceptors (Lipinski definition) is 5. The molecule has 0 saturated carbocycles. The zero-order chi connectivity index (χ0) is 19.0. The van der Waals surface area contributed by atoms with Crippen molar-refractivity contribution in [3.63, 3.8) is 0 Å². The minimum absolute atomic E-state index is 0.507. The second-order valence-electron chi connectivity index (χ2n) is 4.82. The van der Waals surface area contributed by atoms with E-state index in [2.05, 4.69) is 0 Å². The van der Waals surface area contributed by atoms with Gasteiger partial charge in [0.1, 0.15) is 0 Å². The maximum absolute atomic E-state index is 11.5. The standard InChI is InChI=1S/C15H8O10/c16-11(17)4-1-5-6(12(18)19)3-8(14(22)23)10(15(24)25)9(5)7(2-4)13(20)21/h1-3H,(H,16,17)(H,18,19)(H,20,21)(H,22,23)(H,24,25). The van der Waals surface area contributed by atoms with E-state index in [-0.39, 0.29) is 0 Å². The van der Waals surface area contributed by atoms with E-state index in [1.165, 1.54) is 0 Å². The second-order valence-corrected chi connectivity index (χ2v) is 4.82. The van der Waals surface area contributed by atoms with Gasteiger partial charge in [-0.25, -0.2) is 24.0 Å². The molecule has 0 aliphatic rings. The predicted octanol–water partition coefficient (Wildman–Crippen LogP) is 1.33. The van der Waals surface area contributed by atoms with Crippen LogP contribution in [0.25, 0.3) is 10.8 Å². The first-order chi connectivity index (χ1) is 11.6. The van der Waals surface area contributed by atoms with Gasteiger partial charge in [-0.05, 0) is 23.6 Å². The van der Waals surface area contributed by atoms with E-state index in [4.69, 9.17) is 10.2 Å². The molecule has 0 fully saturated rings. The molecule has 0 aliphatic carbocycles. The average Bonchev–Trinajstić information content (AvgIpc) is 2.50. The normalized spacial score (nSPS) is 10.4. The van der Waals surface area contributed by atoms with E-state index in [9.17, 15) is 39.3 Å². The zero-order valence-electron chi connectivity index (χ0n) is 12.0. The van der Waals surface area contributed by atoms with E-state index in [0.717, 1.165) is 6.07 Å². The highest BCUT2D eigenvalue weighted by atomic mass is 16.4. The van der Waals surface area contributed by atoms with Crippen LogP contribution < -0.4 is 0 Å². The van der Waals surface area contributed by atoms with Gasteiger partial charge in [0, 0.05) is 5.39 Å². The van der Waals surface area contributed by atoms with Crippen LogP contribution in [-0.2, 0) is 0 Å². The lowest BCUT2D eigenvalue weighted by Gasteiger charge is -2.13. The first-order valence-corrected chi connectivity index (χ1v) is 6.37. The lowest BCUT2D eigenvalue weighted by Crippen LogP contribution is -2.15. The molecule has 2 aromatic carbocycles. The fourth-order valence-corrected chi connectivity index (χ4v) is 2.41. The van der Waals surface area contributed by atoms with Gasteiger partial charge < -0.3 is 25.5 Å². The molecule has 0 radical (unpaired) electrons. The summed E-state index contributed by atoms with van der Waals surface area (Å²) in [6.07, 6.45) is 0. The third-order valence-electron chi connectivity index (χ3n) is 3.39. The summed E-state index contributed by atoms with van der Waals surface area (Å²) in [4.78, 5) is 56.8. The summed E-state index contributed by atoms with van der Waals surface area (Å²) < 4.78 is 0. The van der Waals surface area contributed by atoms with Gasteiger partial charge >= 0.3 is 29.8 Å². The van der Waals surface area contributed by atoms with Crippen LogP contribution in [0.5, 0.6) is 0 Å². The van der Waals surface area contributed by atoms with Crippen LogP contribution in [0.1, 0.15) is 51.8 Å². The largest absolute Gasteiger partial charge is 0.478 e. The highest BCUT2D eigenvalue weighted by Gasteiger charge is 2.28. The van der Waals surface area contributed by atoms with E-state index < -0.39 is 68.4 Å². The van der Waals surface area contributed by atoms with Gasteiger partial charge in [-0.1, -0.05) is 0 Å². The third kappa shape index (κ3) is 2.83. The molecule has 128 valence electrons. The van der Waals surface area contributed by atoms with Crippen LogP contribution in [0, 0.1) is 0 Å². The van der Waals surface area contributed by atoms with E-state index in [1.807, 2.05) is 0 Å². The quantitative estimate of drug-likeness (QED) is 0.527. The van der Waals surface area contributed by atoms with Crippen molar-refractivity contribution in [2.75, 3.05) is 0 Å². The predicted molar refractivity (Wildman–Crippen MR) is 78.7 cm³/mol. The molecule has 0 aromatic heterocycles. The van der Waals surface area contributed by atoms with Crippen LogP contribution in [0.4, 0.5) is 0 Å². The van der Waals surface area contributed by atoms with Gasteiger partial charge in [0.15, 0.2) is 0 Å². The Balaban J connectivity index is 3.25. The Labute approximate surface area is 137 Å². The Hall–Kier alpha value is -3.95. The summed E-state index contributed by atoms with van der Waals surface area (Å²) in [6, 6.07) is 1.97. The number of fused-ring (bicyclic) bond motifs is 1. The molecule has 0 atom stereocenters. The van der Waals surface area contributed by atoms with Gasteiger partial charge in [0.05, 0.1) is 27.8 Å². The summed E-state index contributed by atoms with van der Waals surface area (Å²) >= 11 is 0. The molecule has 0 heterocycles. The lowest BCUT2D eigenvalue weighted by molar-refractivity contribution is 0.0649. The van der Waals surface area contributed by atoms with Gasteiger partial charge in [0.2, 0.25) is 0 Å². The smallest absolute Gasteiger partial charge is 0.337 e. The van der Waals surface area contributed by atoms with Crippen molar-refractivity contribution in [2.24, 2.45) is 0 Å². The molecule has 0 saturated heterocycles. The first kappa shape index (κ1) is 17.4. The Morgan fingerprint density at radius 2 is 1.08 bits per heavy atom. The highest BCUT2D eigenvalue weighted by Crippen LogP contribution is 2.31. The van der Waals surface area contributed by atoms with Crippen molar-refractivity contribution in [1.29, 1.82) is 0 Å². The number of benzene rings is 2. The van der Waals surface area contributed by atoms with Crippen LogP contribution >= 0.6 is 0 Å². The summed E-state index contributed by atoms with van der Waals surface area (Å²) in [6.45, 7) is 0. The molecule has 0 spiro atoms. The Morgan fingerprint density at radius 1 is 0.560 bits per heavy atom. The average molecular weight is 348 g/mol. The van der Waals surface area contributed by atoms with Gasteiger partial charge in [-0.2, -0.15) is 0 Å². The fraction of sp³-hybridized carbons (Fsp3) is 0. The maximum atomic E-state index is 11.5. The van der Waals surface area contributed by atoms with Crippen molar-refractivity contribution in [3.05, 3.63) is 46.0 Å². The fourth-order valence-electron chi connectivity index (χ4n) is 2.41. The van der Waals surface area contributed by atoms with Crippen LogP contribution in [-0.4, -0.2) is 55.4 Å². The Bertz CT molecular complexity index is 986. The van der Waals surface area contributed by atoms with Gasteiger partial charge in [-0.15, -0.1) is 0 Å². The van der Waals surface area contributed by atoms with E-state index in [0.29, 0.717) is 12.1 Å². The molecule has 10 heteroatoms. The summed E-state index contributed by atoms with van der Waals surface area (Å²) in [5.41, 5.74) is -4.03. The molecule has 25 heavy (non-hydrogen) atoms. The number of aromatic carboxylic acids is 5. The molecule has 2 aromatic rings. The molecule has 10 nitrogen and oxygen atoms in total. The van der Waals surface area contributed by atoms with Gasteiger partial charge in [-0.3, -0.25) is 0 Å². The molecular formula is C15H8O10. The number of carboxylic acid groups (broad SMARTS) is 5. The van der Waals surface area contributed by atoms with E-state index in [1.54, 1.807) is 0 Å². The first-order valence-electron chi connectivity index (χ1n) is 6.37. The van der Waals surface area contributed by atoms with Crippen molar-refractivity contribution < 1.29 is 49.5 Å².